The molecule has 1 aromatic carbocycles. The number of aliphatic carboxylic acids is 1. The first-order valence-electron chi connectivity index (χ1n) is 4.09. The lowest BCUT2D eigenvalue weighted by atomic mass is 10.2. The molecule has 1 aromatic heterocycles. The van der Waals surface area contributed by atoms with Crippen LogP contribution in [0.15, 0.2) is 24.3 Å². The maximum Gasteiger partial charge on any atom is 0.382 e. The number of hydrogen-bond donors (Lipinski definition) is 1. The lowest BCUT2D eigenvalue weighted by Crippen LogP contribution is -1.85. The lowest BCUT2D eigenvalue weighted by molar-refractivity contribution is -0.130. The molecule has 0 aliphatic carbocycles. The van der Waals surface area contributed by atoms with E-state index >= 15 is 0 Å². The van der Waals surface area contributed by atoms with Gasteiger partial charge in [0, 0.05) is 10.6 Å². The van der Waals surface area contributed by atoms with Crippen molar-refractivity contribution in [3.63, 3.8) is 0 Å². The van der Waals surface area contributed by atoms with Gasteiger partial charge >= 0.3 is 5.97 Å². The van der Waals surface area contributed by atoms with E-state index in [0.717, 1.165) is 10.1 Å². The summed E-state index contributed by atoms with van der Waals surface area (Å²) in [7, 11) is 0. The van der Waals surface area contributed by atoms with Gasteiger partial charge in [-0.1, -0.05) is 6.07 Å². The van der Waals surface area contributed by atoms with Gasteiger partial charge in [0.05, 0.1) is 4.88 Å². The quantitative estimate of drug-likeness (QED) is 0.692. The number of thiophene rings is 1. The third-order valence-corrected chi connectivity index (χ3v) is 2.79. The van der Waals surface area contributed by atoms with E-state index in [1.165, 1.54) is 23.5 Å². The SMILES string of the molecule is O=C(O)C#Cc1cc2ccc(F)cc2s1. The molecule has 0 saturated carbocycles. The van der Waals surface area contributed by atoms with Crippen molar-refractivity contribution >= 4 is 27.4 Å². The summed E-state index contributed by atoms with van der Waals surface area (Å²) in [6.07, 6.45) is 0. The highest BCUT2D eigenvalue weighted by atomic mass is 32.1. The number of carboxylic acids is 1. The van der Waals surface area contributed by atoms with Crippen molar-refractivity contribution in [2.75, 3.05) is 0 Å². The summed E-state index contributed by atoms with van der Waals surface area (Å²) in [5.41, 5.74) is 0. The molecule has 0 unspecified atom stereocenters. The molecule has 4 heteroatoms. The monoisotopic (exact) mass is 220 g/mol. The average Bonchev–Trinajstić information content (AvgIpc) is 2.56. The maximum atomic E-state index is 12.8. The van der Waals surface area contributed by atoms with Crippen LogP contribution in [0.25, 0.3) is 10.1 Å². The summed E-state index contributed by atoms with van der Waals surface area (Å²) in [4.78, 5) is 10.8. The minimum Gasteiger partial charge on any atom is -0.472 e. The van der Waals surface area contributed by atoms with E-state index in [-0.39, 0.29) is 5.82 Å². The van der Waals surface area contributed by atoms with Crippen molar-refractivity contribution in [3.05, 3.63) is 35.0 Å². The van der Waals surface area contributed by atoms with Crippen LogP contribution in [0.5, 0.6) is 0 Å². The second-order valence-electron chi connectivity index (χ2n) is 2.85. The maximum absolute atomic E-state index is 12.8. The Labute approximate surface area is 89.0 Å². The molecule has 15 heavy (non-hydrogen) atoms. The Morgan fingerprint density at radius 1 is 1.40 bits per heavy atom. The molecular weight excluding hydrogens is 215 g/mol. The summed E-state index contributed by atoms with van der Waals surface area (Å²) in [6.45, 7) is 0. The van der Waals surface area contributed by atoms with Gasteiger partial charge in [0.2, 0.25) is 0 Å². The molecule has 0 bridgehead atoms. The third kappa shape index (κ3) is 2.14. The van der Waals surface area contributed by atoms with Gasteiger partial charge in [0.1, 0.15) is 5.82 Å². The van der Waals surface area contributed by atoms with Crippen molar-refractivity contribution in [1.82, 2.24) is 0 Å². The zero-order valence-electron chi connectivity index (χ0n) is 7.45. The molecule has 0 aliphatic heterocycles. The van der Waals surface area contributed by atoms with Crippen LogP contribution in [0.2, 0.25) is 0 Å². The zero-order valence-corrected chi connectivity index (χ0v) is 8.27. The molecule has 1 N–H and O–H groups in total. The van der Waals surface area contributed by atoms with Crippen LogP contribution < -0.4 is 0 Å². The van der Waals surface area contributed by atoms with Gasteiger partial charge in [-0.2, -0.15) is 0 Å². The van der Waals surface area contributed by atoms with E-state index in [2.05, 4.69) is 5.92 Å². The number of fused-ring (bicyclic) bond motifs is 1. The van der Waals surface area contributed by atoms with Gasteiger partial charge in [0.25, 0.3) is 0 Å². The highest BCUT2D eigenvalue weighted by Crippen LogP contribution is 2.25. The van der Waals surface area contributed by atoms with Crippen LogP contribution in [-0.4, -0.2) is 11.1 Å². The molecule has 2 aromatic rings. The van der Waals surface area contributed by atoms with Crippen LogP contribution in [0.1, 0.15) is 4.88 Å². The number of rotatable bonds is 0. The highest BCUT2D eigenvalue weighted by Gasteiger charge is 2.00. The number of carbonyl (C=O) groups is 1. The van der Waals surface area contributed by atoms with E-state index in [4.69, 9.17) is 5.11 Å². The van der Waals surface area contributed by atoms with Crippen molar-refractivity contribution < 1.29 is 14.3 Å². The number of hydrogen-bond acceptors (Lipinski definition) is 2. The highest BCUT2D eigenvalue weighted by molar-refractivity contribution is 7.19. The van der Waals surface area contributed by atoms with Crippen molar-refractivity contribution in [2.24, 2.45) is 0 Å². The Bertz CT molecular complexity index is 589. The van der Waals surface area contributed by atoms with Gasteiger partial charge in [-0.25, -0.2) is 9.18 Å². The average molecular weight is 220 g/mol. The molecular formula is C11H5FO2S. The predicted molar refractivity (Wildman–Crippen MR) is 56.3 cm³/mol. The fourth-order valence-corrected chi connectivity index (χ4v) is 2.12. The first-order chi connectivity index (χ1) is 7.15. The number of halogens is 1. The fraction of sp³-hybridized carbons (Fsp3) is 0. The fourth-order valence-electron chi connectivity index (χ4n) is 1.18. The van der Waals surface area contributed by atoms with E-state index in [9.17, 15) is 9.18 Å². The van der Waals surface area contributed by atoms with Crippen LogP contribution in [-0.2, 0) is 4.79 Å². The van der Waals surface area contributed by atoms with E-state index in [0.29, 0.717) is 4.88 Å². The topological polar surface area (TPSA) is 37.3 Å². The standard InChI is InChI=1S/C11H5FO2S/c12-8-2-1-7-5-9(3-4-11(13)14)15-10(7)6-8/h1-2,5-6H,(H,13,14). The Kier molecular flexibility index (Phi) is 2.40. The second kappa shape index (κ2) is 3.71. The molecule has 0 amide bonds. The Balaban J connectivity index is 2.49. The molecule has 0 radical (unpaired) electrons. The van der Waals surface area contributed by atoms with Gasteiger partial charge in [-0.05, 0) is 29.5 Å². The predicted octanol–water partition coefficient (Wildman–Crippen LogP) is 2.48. The molecule has 1 heterocycles. The molecule has 0 saturated heterocycles. The third-order valence-electron chi connectivity index (χ3n) is 1.77. The summed E-state index contributed by atoms with van der Waals surface area (Å²) >= 11 is 1.28. The summed E-state index contributed by atoms with van der Waals surface area (Å²) in [5.74, 6) is 3.05. The summed E-state index contributed by atoms with van der Waals surface area (Å²) in [6, 6.07) is 6.16. The van der Waals surface area contributed by atoms with Crippen molar-refractivity contribution in [2.45, 2.75) is 0 Å². The Morgan fingerprint density at radius 3 is 2.93 bits per heavy atom. The largest absolute Gasteiger partial charge is 0.472 e. The first kappa shape index (κ1) is 9.69. The molecule has 74 valence electrons. The van der Waals surface area contributed by atoms with E-state index in [1.807, 2.05) is 5.92 Å². The van der Waals surface area contributed by atoms with Crippen LogP contribution in [0.3, 0.4) is 0 Å². The molecule has 0 fully saturated rings. The summed E-state index contributed by atoms with van der Waals surface area (Å²) in [5, 5.41) is 9.24. The molecule has 2 rings (SSSR count). The minimum atomic E-state index is -1.17. The normalized spacial score (nSPS) is 9.67. The zero-order chi connectivity index (χ0) is 10.8. The Hall–Kier alpha value is -1.86. The van der Waals surface area contributed by atoms with Crippen LogP contribution in [0.4, 0.5) is 4.39 Å². The second-order valence-corrected chi connectivity index (χ2v) is 3.93. The number of benzene rings is 1. The van der Waals surface area contributed by atoms with Gasteiger partial charge < -0.3 is 5.11 Å². The molecule has 2 nitrogen and oxygen atoms in total. The van der Waals surface area contributed by atoms with E-state index < -0.39 is 5.97 Å². The van der Waals surface area contributed by atoms with Crippen molar-refractivity contribution in [1.29, 1.82) is 0 Å². The van der Waals surface area contributed by atoms with E-state index in [1.54, 1.807) is 12.1 Å². The molecule has 0 aliphatic rings. The number of carboxylic acid groups (broad SMARTS) is 1. The van der Waals surface area contributed by atoms with Gasteiger partial charge in [-0.15, -0.1) is 11.3 Å². The van der Waals surface area contributed by atoms with Gasteiger partial charge in [-0.3, -0.25) is 0 Å². The molecule has 0 spiro atoms. The molecule has 0 atom stereocenters. The van der Waals surface area contributed by atoms with Crippen LogP contribution >= 0.6 is 11.3 Å². The smallest absolute Gasteiger partial charge is 0.382 e. The lowest BCUT2D eigenvalue weighted by Gasteiger charge is -1.86. The first-order valence-corrected chi connectivity index (χ1v) is 4.91. The minimum absolute atomic E-state index is 0.304. The van der Waals surface area contributed by atoms with Gasteiger partial charge in [0.15, 0.2) is 0 Å². The summed E-state index contributed by atoms with van der Waals surface area (Å²) < 4.78 is 13.6. The van der Waals surface area contributed by atoms with Crippen LogP contribution in [0, 0.1) is 17.7 Å². The van der Waals surface area contributed by atoms with Crippen molar-refractivity contribution in [3.8, 4) is 11.8 Å². The Morgan fingerprint density at radius 2 is 2.20 bits per heavy atom.